The maximum absolute atomic E-state index is 12.0. The Morgan fingerprint density at radius 2 is 2.00 bits per heavy atom. The van der Waals surface area contributed by atoms with Crippen molar-refractivity contribution in [1.82, 2.24) is 5.32 Å². The molecule has 0 bridgehead atoms. The SMILES string of the molecule is COc1cc(C=C(C#N)C(=O)NC(C)C)cc(Cl)c1OC(C)C. The molecule has 1 amide bonds. The lowest BCUT2D eigenvalue weighted by atomic mass is 10.1. The highest BCUT2D eigenvalue weighted by atomic mass is 35.5. The number of amides is 1. The van der Waals surface area contributed by atoms with Gasteiger partial charge in [-0.2, -0.15) is 5.26 Å². The van der Waals surface area contributed by atoms with E-state index in [4.69, 9.17) is 21.1 Å². The van der Waals surface area contributed by atoms with Crippen LogP contribution in [0.5, 0.6) is 11.5 Å². The standard InChI is InChI=1S/C17H21ClN2O3/c1-10(2)20-17(21)13(9-19)6-12-7-14(18)16(23-11(3)4)15(8-12)22-5/h6-8,10-11H,1-5H3,(H,20,21). The molecule has 6 heteroatoms. The van der Waals surface area contributed by atoms with E-state index in [-0.39, 0.29) is 17.7 Å². The average Bonchev–Trinajstić information content (AvgIpc) is 2.45. The van der Waals surface area contributed by atoms with Crippen LogP contribution in [0.4, 0.5) is 0 Å². The number of hydrogen-bond donors (Lipinski definition) is 1. The first-order chi connectivity index (χ1) is 10.8. The van der Waals surface area contributed by atoms with Crippen LogP contribution in [-0.2, 0) is 4.79 Å². The summed E-state index contributed by atoms with van der Waals surface area (Å²) in [6.07, 6.45) is 1.40. The summed E-state index contributed by atoms with van der Waals surface area (Å²) < 4.78 is 10.9. The Balaban J connectivity index is 3.23. The first-order valence-corrected chi connectivity index (χ1v) is 7.63. The molecule has 0 unspecified atom stereocenters. The number of nitriles is 1. The van der Waals surface area contributed by atoms with Crippen molar-refractivity contribution in [2.75, 3.05) is 7.11 Å². The van der Waals surface area contributed by atoms with Crippen LogP contribution < -0.4 is 14.8 Å². The van der Waals surface area contributed by atoms with Gasteiger partial charge in [0.1, 0.15) is 11.6 Å². The molecule has 0 saturated carbocycles. The topological polar surface area (TPSA) is 71.3 Å². The first kappa shape index (κ1) is 18.9. The largest absolute Gasteiger partial charge is 0.493 e. The molecule has 0 heterocycles. The van der Waals surface area contributed by atoms with E-state index in [2.05, 4.69) is 5.32 Å². The molecule has 0 aliphatic heterocycles. The second kappa shape index (κ2) is 8.44. The van der Waals surface area contributed by atoms with E-state index < -0.39 is 5.91 Å². The minimum absolute atomic E-state index is 0.00523. The Morgan fingerprint density at radius 3 is 2.48 bits per heavy atom. The lowest BCUT2D eigenvalue weighted by Gasteiger charge is -2.15. The summed E-state index contributed by atoms with van der Waals surface area (Å²) in [7, 11) is 1.50. The van der Waals surface area contributed by atoms with Crippen molar-refractivity contribution in [2.45, 2.75) is 39.8 Å². The summed E-state index contributed by atoms with van der Waals surface area (Å²) in [6, 6.07) is 5.13. The Bertz CT molecular complexity index is 646. The summed E-state index contributed by atoms with van der Waals surface area (Å²) in [5.74, 6) is 0.450. The number of benzene rings is 1. The Hall–Kier alpha value is -2.19. The van der Waals surface area contributed by atoms with Crippen LogP contribution in [0.25, 0.3) is 6.08 Å². The van der Waals surface area contributed by atoms with Crippen LogP contribution in [0.3, 0.4) is 0 Å². The number of ether oxygens (including phenoxy) is 2. The smallest absolute Gasteiger partial charge is 0.262 e. The highest BCUT2D eigenvalue weighted by Gasteiger charge is 2.15. The third kappa shape index (κ3) is 5.50. The van der Waals surface area contributed by atoms with Crippen molar-refractivity contribution in [3.63, 3.8) is 0 Å². The second-order valence-electron chi connectivity index (χ2n) is 5.50. The molecule has 1 rings (SSSR count). The van der Waals surface area contributed by atoms with Gasteiger partial charge >= 0.3 is 0 Å². The number of carbonyl (C=O) groups is 1. The first-order valence-electron chi connectivity index (χ1n) is 7.25. The van der Waals surface area contributed by atoms with Crippen molar-refractivity contribution < 1.29 is 14.3 Å². The quantitative estimate of drug-likeness (QED) is 0.636. The molecule has 1 N–H and O–H groups in total. The fourth-order valence-electron chi connectivity index (χ4n) is 1.83. The Labute approximate surface area is 141 Å². The lowest BCUT2D eigenvalue weighted by molar-refractivity contribution is -0.117. The van der Waals surface area contributed by atoms with Gasteiger partial charge in [0.2, 0.25) is 0 Å². The van der Waals surface area contributed by atoms with Gasteiger partial charge in [0, 0.05) is 6.04 Å². The monoisotopic (exact) mass is 336 g/mol. The van der Waals surface area contributed by atoms with Crippen molar-refractivity contribution >= 4 is 23.6 Å². The highest BCUT2D eigenvalue weighted by Crippen LogP contribution is 2.37. The molecule has 0 saturated heterocycles. The lowest BCUT2D eigenvalue weighted by Crippen LogP contribution is -2.30. The van der Waals surface area contributed by atoms with Crippen molar-refractivity contribution in [2.24, 2.45) is 0 Å². The molecule has 0 spiro atoms. The molecule has 0 aliphatic rings. The van der Waals surface area contributed by atoms with Crippen LogP contribution in [0, 0.1) is 11.3 Å². The highest BCUT2D eigenvalue weighted by molar-refractivity contribution is 6.32. The summed E-state index contributed by atoms with van der Waals surface area (Å²) in [6.45, 7) is 7.41. The zero-order chi connectivity index (χ0) is 17.6. The number of rotatable bonds is 6. The number of nitrogens with one attached hydrogen (secondary N) is 1. The Morgan fingerprint density at radius 1 is 1.35 bits per heavy atom. The molecule has 0 atom stereocenters. The molecule has 1 aromatic rings. The second-order valence-corrected chi connectivity index (χ2v) is 5.91. The van der Waals surface area contributed by atoms with Gasteiger partial charge in [-0.25, -0.2) is 0 Å². The molecule has 0 radical (unpaired) electrons. The van der Waals surface area contributed by atoms with E-state index in [9.17, 15) is 10.1 Å². The summed E-state index contributed by atoms with van der Waals surface area (Å²) in [4.78, 5) is 12.0. The minimum atomic E-state index is -0.430. The maximum atomic E-state index is 12.0. The molecule has 23 heavy (non-hydrogen) atoms. The fraction of sp³-hybridized carbons (Fsp3) is 0.412. The van der Waals surface area contributed by atoms with Gasteiger partial charge in [0.15, 0.2) is 11.5 Å². The van der Waals surface area contributed by atoms with Gasteiger partial charge in [-0.05, 0) is 51.5 Å². The number of nitrogens with zero attached hydrogens (tertiary/aromatic N) is 1. The van der Waals surface area contributed by atoms with Crippen LogP contribution in [0.15, 0.2) is 17.7 Å². The van der Waals surface area contributed by atoms with Crippen molar-refractivity contribution in [3.8, 4) is 17.6 Å². The van der Waals surface area contributed by atoms with E-state index >= 15 is 0 Å². The van der Waals surface area contributed by atoms with E-state index in [0.717, 1.165) is 0 Å². The summed E-state index contributed by atoms with van der Waals surface area (Å²) in [5, 5.41) is 12.2. The third-order valence-electron chi connectivity index (χ3n) is 2.70. The summed E-state index contributed by atoms with van der Waals surface area (Å²) in [5.41, 5.74) is 0.577. The van der Waals surface area contributed by atoms with Crippen LogP contribution in [0.2, 0.25) is 5.02 Å². The molecule has 1 aromatic carbocycles. The number of methoxy groups -OCH3 is 1. The Kier molecular flexibility index (Phi) is 6.92. The van der Waals surface area contributed by atoms with E-state index in [1.54, 1.807) is 12.1 Å². The van der Waals surface area contributed by atoms with Crippen LogP contribution in [0.1, 0.15) is 33.3 Å². The van der Waals surface area contributed by atoms with E-state index in [1.807, 2.05) is 33.8 Å². The molecular weight excluding hydrogens is 316 g/mol. The zero-order valence-electron chi connectivity index (χ0n) is 13.9. The molecule has 0 aromatic heterocycles. The molecular formula is C17H21ClN2O3. The fourth-order valence-corrected chi connectivity index (χ4v) is 2.09. The van der Waals surface area contributed by atoms with Gasteiger partial charge in [-0.1, -0.05) is 11.6 Å². The van der Waals surface area contributed by atoms with Crippen LogP contribution >= 0.6 is 11.6 Å². The predicted molar refractivity (Wildman–Crippen MR) is 90.6 cm³/mol. The van der Waals surface area contributed by atoms with Gasteiger partial charge in [0.25, 0.3) is 5.91 Å². The minimum Gasteiger partial charge on any atom is -0.493 e. The predicted octanol–water partition coefficient (Wildman–Crippen LogP) is 3.57. The molecule has 0 aliphatic carbocycles. The van der Waals surface area contributed by atoms with Gasteiger partial charge in [-0.15, -0.1) is 0 Å². The van der Waals surface area contributed by atoms with Crippen molar-refractivity contribution in [3.05, 3.63) is 28.3 Å². The maximum Gasteiger partial charge on any atom is 0.262 e. The van der Waals surface area contributed by atoms with Gasteiger partial charge in [0.05, 0.1) is 18.2 Å². The number of halogens is 1. The van der Waals surface area contributed by atoms with E-state index in [1.165, 1.54) is 13.2 Å². The third-order valence-corrected chi connectivity index (χ3v) is 2.98. The zero-order valence-corrected chi connectivity index (χ0v) is 14.7. The summed E-state index contributed by atoms with van der Waals surface area (Å²) >= 11 is 6.23. The van der Waals surface area contributed by atoms with Crippen molar-refractivity contribution in [1.29, 1.82) is 5.26 Å². The van der Waals surface area contributed by atoms with Gasteiger partial charge < -0.3 is 14.8 Å². The molecule has 0 fully saturated rings. The normalized spacial score (nSPS) is 11.3. The van der Waals surface area contributed by atoms with Gasteiger partial charge in [-0.3, -0.25) is 4.79 Å². The number of hydrogen-bond acceptors (Lipinski definition) is 4. The number of carbonyl (C=O) groups excluding carboxylic acids is 1. The average molecular weight is 337 g/mol. The van der Waals surface area contributed by atoms with Crippen LogP contribution in [-0.4, -0.2) is 25.2 Å². The molecule has 5 nitrogen and oxygen atoms in total. The van der Waals surface area contributed by atoms with E-state index in [0.29, 0.717) is 22.1 Å². The molecule has 124 valence electrons.